The van der Waals surface area contributed by atoms with Gasteiger partial charge in [0.05, 0.1) is 24.1 Å². The highest BCUT2D eigenvalue weighted by Gasteiger charge is 2.01. The summed E-state index contributed by atoms with van der Waals surface area (Å²) < 4.78 is 14.6. The third kappa shape index (κ3) is 3.03. The van der Waals surface area contributed by atoms with E-state index in [1.54, 1.807) is 12.3 Å². The van der Waals surface area contributed by atoms with Crippen molar-refractivity contribution in [3.05, 3.63) is 42.2 Å². The topological polar surface area (TPSA) is 42.7 Å². The van der Waals surface area contributed by atoms with E-state index >= 15 is 0 Å². The van der Waals surface area contributed by atoms with E-state index in [-0.39, 0.29) is 0 Å². The molecule has 0 bridgehead atoms. The molecule has 0 unspecified atom stereocenters. The SMILES string of the molecule is CCCn1nccc1CNc1ccc(F)nc1. The number of anilines is 1. The van der Waals surface area contributed by atoms with Crippen LogP contribution >= 0.6 is 0 Å². The Morgan fingerprint density at radius 2 is 2.24 bits per heavy atom. The third-order valence-corrected chi connectivity index (χ3v) is 2.44. The molecule has 0 aliphatic rings. The van der Waals surface area contributed by atoms with Crippen LogP contribution in [-0.2, 0) is 13.1 Å². The van der Waals surface area contributed by atoms with Gasteiger partial charge in [0.25, 0.3) is 0 Å². The van der Waals surface area contributed by atoms with E-state index in [1.165, 1.54) is 12.3 Å². The number of nitrogens with zero attached hydrogens (tertiary/aromatic N) is 3. The van der Waals surface area contributed by atoms with Gasteiger partial charge in [-0.1, -0.05) is 6.92 Å². The number of aromatic nitrogens is 3. The summed E-state index contributed by atoms with van der Waals surface area (Å²) in [6.07, 6.45) is 4.32. The van der Waals surface area contributed by atoms with Crippen molar-refractivity contribution in [3.8, 4) is 0 Å². The normalized spacial score (nSPS) is 10.5. The molecule has 0 amide bonds. The molecule has 0 fully saturated rings. The van der Waals surface area contributed by atoms with Crippen LogP contribution in [0.5, 0.6) is 0 Å². The maximum atomic E-state index is 12.6. The van der Waals surface area contributed by atoms with Crippen LogP contribution in [0, 0.1) is 5.95 Å². The Bertz CT molecular complexity index is 464. The summed E-state index contributed by atoms with van der Waals surface area (Å²) in [4.78, 5) is 3.59. The van der Waals surface area contributed by atoms with Gasteiger partial charge < -0.3 is 5.32 Å². The second-order valence-corrected chi connectivity index (χ2v) is 3.77. The van der Waals surface area contributed by atoms with Crippen molar-refractivity contribution in [1.29, 1.82) is 0 Å². The van der Waals surface area contributed by atoms with Gasteiger partial charge in [0.1, 0.15) is 0 Å². The van der Waals surface area contributed by atoms with Gasteiger partial charge in [0.2, 0.25) is 5.95 Å². The number of hydrogen-bond acceptors (Lipinski definition) is 3. The molecular weight excluding hydrogens is 219 g/mol. The zero-order valence-corrected chi connectivity index (χ0v) is 9.73. The Balaban J connectivity index is 1.97. The number of hydrogen-bond donors (Lipinski definition) is 1. The zero-order valence-electron chi connectivity index (χ0n) is 9.73. The summed E-state index contributed by atoms with van der Waals surface area (Å²) >= 11 is 0. The minimum Gasteiger partial charge on any atom is -0.378 e. The quantitative estimate of drug-likeness (QED) is 0.808. The van der Waals surface area contributed by atoms with Crippen molar-refractivity contribution in [2.75, 3.05) is 5.32 Å². The average molecular weight is 234 g/mol. The smallest absolute Gasteiger partial charge is 0.212 e. The van der Waals surface area contributed by atoms with Crippen molar-refractivity contribution >= 4 is 5.69 Å². The molecule has 0 atom stereocenters. The number of aryl methyl sites for hydroxylation is 1. The van der Waals surface area contributed by atoms with E-state index in [0.717, 1.165) is 24.3 Å². The predicted molar refractivity (Wildman–Crippen MR) is 64.0 cm³/mol. The highest BCUT2D eigenvalue weighted by Crippen LogP contribution is 2.08. The minimum atomic E-state index is -0.466. The Morgan fingerprint density at radius 1 is 1.35 bits per heavy atom. The third-order valence-electron chi connectivity index (χ3n) is 2.44. The fourth-order valence-electron chi connectivity index (χ4n) is 1.60. The molecule has 17 heavy (non-hydrogen) atoms. The number of nitrogens with one attached hydrogen (secondary N) is 1. The van der Waals surface area contributed by atoms with Gasteiger partial charge in [-0.05, 0) is 24.6 Å². The fourth-order valence-corrected chi connectivity index (χ4v) is 1.60. The molecule has 1 N–H and O–H groups in total. The van der Waals surface area contributed by atoms with Crippen molar-refractivity contribution in [2.45, 2.75) is 26.4 Å². The average Bonchev–Trinajstić information content (AvgIpc) is 2.77. The number of pyridine rings is 1. The molecule has 2 aromatic rings. The van der Waals surface area contributed by atoms with Crippen LogP contribution in [0.4, 0.5) is 10.1 Å². The lowest BCUT2D eigenvalue weighted by atomic mass is 10.3. The lowest BCUT2D eigenvalue weighted by Crippen LogP contribution is -2.09. The minimum absolute atomic E-state index is 0.466. The first kappa shape index (κ1) is 11.6. The molecule has 2 rings (SSSR count). The summed E-state index contributed by atoms with van der Waals surface area (Å²) in [6.45, 7) is 3.68. The molecule has 0 radical (unpaired) electrons. The monoisotopic (exact) mass is 234 g/mol. The van der Waals surface area contributed by atoms with E-state index in [4.69, 9.17) is 0 Å². The molecule has 2 aromatic heterocycles. The first-order valence-corrected chi connectivity index (χ1v) is 5.65. The lowest BCUT2D eigenvalue weighted by Gasteiger charge is -2.08. The van der Waals surface area contributed by atoms with Crippen LogP contribution in [0.25, 0.3) is 0 Å². The van der Waals surface area contributed by atoms with Crippen molar-refractivity contribution < 1.29 is 4.39 Å². The van der Waals surface area contributed by atoms with Crippen LogP contribution in [0.15, 0.2) is 30.6 Å². The van der Waals surface area contributed by atoms with Gasteiger partial charge in [-0.25, -0.2) is 4.98 Å². The van der Waals surface area contributed by atoms with Crippen molar-refractivity contribution in [1.82, 2.24) is 14.8 Å². The maximum absolute atomic E-state index is 12.6. The lowest BCUT2D eigenvalue weighted by molar-refractivity contribution is 0.577. The van der Waals surface area contributed by atoms with E-state index in [2.05, 4.69) is 22.3 Å². The summed E-state index contributed by atoms with van der Waals surface area (Å²) in [6, 6.07) is 4.98. The van der Waals surface area contributed by atoms with E-state index in [0.29, 0.717) is 6.54 Å². The van der Waals surface area contributed by atoms with Crippen LogP contribution in [0.3, 0.4) is 0 Å². The summed E-state index contributed by atoms with van der Waals surface area (Å²) in [7, 11) is 0. The van der Waals surface area contributed by atoms with Crippen LogP contribution in [0.1, 0.15) is 19.0 Å². The van der Waals surface area contributed by atoms with Crippen molar-refractivity contribution in [2.24, 2.45) is 0 Å². The van der Waals surface area contributed by atoms with Crippen LogP contribution in [0.2, 0.25) is 0 Å². The van der Waals surface area contributed by atoms with Gasteiger partial charge in [-0.3, -0.25) is 4.68 Å². The molecule has 0 saturated heterocycles. The fraction of sp³-hybridized carbons (Fsp3) is 0.333. The molecule has 0 aromatic carbocycles. The summed E-state index contributed by atoms with van der Waals surface area (Å²) in [5, 5.41) is 7.42. The molecule has 0 aliphatic heterocycles. The van der Waals surface area contributed by atoms with E-state index in [9.17, 15) is 4.39 Å². The van der Waals surface area contributed by atoms with Gasteiger partial charge >= 0.3 is 0 Å². The Morgan fingerprint density at radius 3 is 2.94 bits per heavy atom. The van der Waals surface area contributed by atoms with Crippen molar-refractivity contribution in [3.63, 3.8) is 0 Å². The second kappa shape index (κ2) is 5.43. The highest BCUT2D eigenvalue weighted by molar-refractivity contribution is 5.40. The Kier molecular flexibility index (Phi) is 3.69. The molecule has 2 heterocycles. The Labute approximate surface area is 99.5 Å². The Hall–Kier alpha value is -1.91. The highest BCUT2D eigenvalue weighted by atomic mass is 19.1. The summed E-state index contributed by atoms with van der Waals surface area (Å²) in [5.74, 6) is -0.466. The van der Waals surface area contributed by atoms with E-state index in [1.807, 2.05) is 10.7 Å². The van der Waals surface area contributed by atoms with Gasteiger partial charge in [0.15, 0.2) is 0 Å². The molecule has 0 saturated carbocycles. The van der Waals surface area contributed by atoms with Crippen LogP contribution in [-0.4, -0.2) is 14.8 Å². The van der Waals surface area contributed by atoms with E-state index < -0.39 is 5.95 Å². The molecule has 5 heteroatoms. The molecule has 90 valence electrons. The van der Waals surface area contributed by atoms with Crippen LogP contribution < -0.4 is 5.32 Å². The first-order valence-electron chi connectivity index (χ1n) is 5.65. The molecule has 0 spiro atoms. The summed E-state index contributed by atoms with van der Waals surface area (Å²) in [5.41, 5.74) is 1.91. The van der Waals surface area contributed by atoms with Gasteiger partial charge in [-0.15, -0.1) is 0 Å². The molecule has 4 nitrogen and oxygen atoms in total. The molecular formula is C12H15FN4. The predicted octanol–water partition coefficient (Wildman–Crippen LogP) is 2.44. The largest absolute Gasteiger partial charge is 0.378 e. The second-order valence-electron chi connectivity index (χ2n) is 3.77. The number of rotatable bonds is 5. The van der Waals surface area contributed by atoms with Gasteiger partial charge in [-0.2, -0.15) is 9.49 Å². The van der Waals surface area contributed by atoms with Gasteiger partial charge in [0, 0.05) is 12.7 Å². The zero-order chi connectivity index (χ0) is 12.1. The standard InChI is InChI=1S/C12H15FN4/c1-2-7-17-11(5-6-16-17)9-14-10-3-4-12(13)15-8-10/h3-6,8,14H,2,7,9H2,1H3. The maximum Gasteiger partial charge on any atom is 0.212 e. The number of halogens is 1. The first-order chi connectivity index (χ1) is 8.29. The molecule has 0 aliphatic carbocycles.